The summed E-state index contributed by atoms with van der Waals surface area (Å²) in [4.78, 5) is 13.2. The highest BCUT2D eigenvalue weighted by atomic mass is 32.2. The number of aryl methyl sites for hydroxylation is 1. The van der Waals surface area contributed by atoms with Gasteiger partial charge in [-0.15, -0.1) is 11.8 Å². The Morgan fingerprint density at radius 2 is 1.58 bits per heavy atom. The van der Waals surface area contributed by atoms with Crippen molar-refractivity contribution in [1.82, 2.24) is 0 Å². The molecule has 5 nitrogen and oxygen atoms in total. The zero-order valence-electron chi connectivity index (χ0n) is 18.3. The normalized spacial score (nSPS) is 20.6. The van der Waals surface area contributed by atoms with Gasteiger partial charge in [-0.1, -0.05) is 60.2 Å². The van der Waals surface area contributed by atoms with Crippen molar-refractivity contribution < 1.29 is 22.5 Å². The molecule has 0 unspecified atom stereocenters. The van der Waals surface area contributed by atoms with Crippen LogP contribution in [0, 0.1) is 18.8 Å². The van der Waals surface area contributed by atoms with Gasteiger partial charge in [0.1, 0.15) is 0 Å². The third kappa shape index (κ3) is 5.66. The Bertz CT molecular complexity index is 1190. The highest BCUT2D eigenvalue weighted by Crippen LogP contribution is 2.43. The third-order valence-electron chi connectivity index (χ3n) is 6.01. The number of benzene rings is 3. The molecule has 3 aromatic carbocycles. The largest absolute Gasteiger partial charge is 0.481 e. The van der Waals surface area contributed by atoms with E-state index >= 15 is 0 Å². The maximum Gasteiger partial charge on any atom is 0.308 e. The number of rotatable bonds is 8. The zero-order valence-corrected chi connectivity index (χ0v) is 19.9. The quantitative estimate of drug-likeness (QED) is 0.419. The van der Waals surface area contributed by atoms with Crippen LogP contribution < -0.4 is 0 Å². The second-order valence-corrected chi connectivity index (χ2v) is 11.2. The summed E-state index contributed by atoms with van der Waals surface area (Å²) in [5, 5.41) is 9.75. The Kier molecular flexibility index (Phi) is 7.22. The number of aliphatic carboxylic acids is 1. The van der Waals surface area contributed by atoms with Gasteiger partial charge < -0.3 is 5.11 Å². The van der Waals surface area contributed by atoms with Crippen LogP contribution in [-0.2, 0) is 19.1 Å². The van der Waals surface area contributed by atoms with Gasteiger partial charge >= 0.3 is 5.97 Å². The molecular weight excluding hydrogens is 456 g/mol. The first-order valence-electron chi connectivity index (χ1n) is 10.8. The number of hydrogen-bond donors (Lipinski definition) is 1. The minimum atomic E-state index is -3.92. The van der Waals surface area contributed by atoms with Crippen LogP contribution in [0.4, 0.5) is 0 Å². The summed E-state index contributed by atoms with van der Waals surface area (Å²) in [7, 11) is -3.92. The molecule has 0 saturated heterocycles. The van der Waals surface area contributed by atoms with Crippen molar-refractivity contribution in [2.45, 2.75) is 34.8 Å². The summed E-state index contributed by atoms with van der Waals surface area (Å²) in [5.41, 5.74) is 3.19. The molecule has 1 aliphatic carbocycles. The molecule has 3 atom stereocenters. The molecule has 0 spiro atoms. The van der Waals surface area contributed by atoms with Gasteiger partial charge in [0, 0.05) is 10.1 Å². The molecule has 1 fully saturated rings. The number of hydrogen-bond acceptors (Lipinski definition) is 5. The average molecular weight is 483 g/mol. The van der Waals surface area contributed by atoms with Crippen LogP contribution in [0.5, 0.6) is 0 Å². The summed E-state index contributed by atoms with van der Waals surface area (Å²) >= 11 is 1.54. The zero-order chi connectivity index (χ0) is 23.4. The van der Waals surface area contributed by atoms with Crippen molar-refractivity contribution in [2.75, 3.05) is 6.61 Å². The first-order chi connectivity index (χ1) is 15.8. The van der Waals surface area contributed by atoms with E-state index in [1.165, 1.54) is 12.1 Å². The van der Waals surface area contributed by atoms with Crippen molar-refractivity contribution in [1.29, 1.82) is 0 Å². The Balaban J connectivity index is 1.41. The van der Waals surface area contributed by atoms with Crippen LogP contribution in [0.1, 0.15) is 18.4 Å². The van der Waals surface area contributed by atoms with Gasteiger partial charge in [0.2, 0.25) is 0 Å². The molecule has 172 valence electrons. The van der Waals surface area contributed by atoms with E-state index < -0.39 is 22.0 Å². The van der Waals surface area contributed by atoms with Crippen LogP contribution in [-0.4, -0.2) is 31.4 Å². The smallest absolute Gasteiger partial charge is 0.308 e. The molecule has 1 N–H and O–H groups in total. The third-order valence-corrected chi connectivity index (χ3v) is 8.68. The van der Waals surface area contributed by atoms with Crippen molar-refractivity contribution in [3.05, 3.63) is 84.4 Å². The molecule has 3 aromatic rings. The van der Waals surface area contributed by atoms with Crippen LogP contribution in [0.15, 0.2) is 88.7 Å². The summed E-state index contributed by atoms with van der Waals surface area (Å²) in [5.74, 6) is -1.94. The summed E-state index contributed by atoms with van der Waals surface area (Å²) < 4.78 is 30.3. The molecule has 0 bridgehead atoms. The average Bonchev–Trinajstić information content (AvgIpc) is 3.22. The molecule has 0 aromatic heterocycles. The second kappa shape index (κ2) is 10.1. The van der Waals surface area contributed by atoms with Crippen molar-refractivity contribution >= 4 is 27.8 Å². The minimum Gasteiger partial charge on any atom is -0.481 e. The second-order valence-electron chi connectivity index (χ2n) is 8.30. The van der Waals surface area contributed by atoms with Gasteiger partial charge in [-0.05, 0) is 61.1 Å². The van der Waals surface area contributed by atoms with E-state index in [2.05, 4.69) is 12.1 Å². The molecule has 0 amide bonds. The van der Waals surface area contributed by atoms with E-state index in [1.54, 1.807) is 23.9 Å². The Labute approximate surface area is 198 Å². The molecular formula is C26H26O5S2. The SMILES string of the molecule is Cc1ccc(S(=O)(=O)OC[C@H]2CC[C@@H](Sc3ccc(-c4ccccc4)cc3)[C@@H]2C(=O)O)cc1. The summed E-state index contributed by atoms with van der Waals surface area (Å²) in [6.45, 7) is 1.75. The Morgan fingerprint density at radius 3 is 2.21 bits per heavy atom. The lowest BCUT2D eigenvalue weighted by Gasteiger charge is -2.20. The van der Waals surface area contributed by atoms with E-state index in [-0.39, 0.29) is 22.7 Å². The Morgan fingerprint density at radius 1 is 0.939 bits per heavy atom. The van der Waals surface area contributed by atoms with E-state index in [9.17, 15) is 18.3 Å². The van der Waals surface area contributed by atoms with Gasteiger partial charge in [0.15, 0.2) is 0 Å². The first-order valence-corrected chi connectivity index (χ1v) is 13.1. The number of carbonyl (C=O) groups is 1. The number of carboxylic acid groups (broad SMARTS) is 1. The highest BCUT2D eigenvalue weighted by Gasteiger charge is 2.42. The van der Waals surface area contributed by atoms with E-state index in [0.29, 0.717) is 12.8 Å². The number of carboxylic acids is 1. The lowest BCUT2D eigenvalue weighted by Crippen LogP contribution is -2.29. The van der Waals surface area contributed by atoms with Crippen LogP contribution in [0.25, 0.3) is 11.1 Å². The van der Waals surface area contributed by atoms with Crippen LogP contribution >= 0.6 is 11.8 Å². The van der Waals surface area contributed by atoms with Gasteiger partial charge in [-0.25, -0.2) is 0 Å². The molecule has 33 heavy (non-hydrogen) atoms. The fraction of sp³-hybridized carbons (Fsp3) is 0.269. The summed E-state index contributed by atoms with van der Waals surface area (Å²) in [6.07, 6.45) is 1.31. The molecule has 4 rings (SSSR count). The molecule has 0 heterocycles. The summed E-state index contributed by atoms with van der Waals surface area (Å²) in [6, 6.07) is 24.6. The molecule has 1 saturated carbocycles. The number of thioether (sulfide) groups is 1. The van der Waals surface area contributed by atoms with Crippen LogP contribution in [0.2, 0.25) is 0 Å². The van der Waals surface area contributed by atoms with Gasteiger partial charge in [-0.2, -0.15) is 8.42 Å². The molecule has 1 aliphatic rings. The van der Waals surface area contributed by atoms with Crippen LogP contribution in [0.3, 0.4) is 0 Å². The predicted octanol–water partition coefficient (Wildman–Crippen LogP) is 5.64. The molecule has 7 heteroatoms. The first kappa shape index (κ1) is 23.5. The molecule has 0 radical (unpaired) electrons. The maximum atomic E-state index is 12.5. The van der Waals surface area contributed by atoms with Crippen molar-refractivity contribution in [3.63, 3.8) is 0 Å². The highest BCUT2D eigenvalue weighted by molar-refractivity contribution is 8.00. The standard InChI is InChI=1S/C26H26O5S2/c1-18-7-14-23(15-8-18)33(29,30)31-17-21-11-16-24(25(21)26(27)28)32-22-12-9-20(10-13-22)19-5-3-2-4-6-19/h2-10,12-15,21,24-25H,11,16-17H2,1H3,(H,27,28)/t21-,24-,25-/m1/s1. The minimum absolute atomic E-state index is 0.0856. The fourth-order valence-corrected chi connectivity index (χ4v) is 6.54. The predicted molar refractivity (Wildman–Crippen MR) is 130 cm³/mol. The molecule has 0 aliphatic heterocycles. The monoisotopic (exact) mass is 482 g/mol. The van der Waals surface area contributed by atoms with E-state index in [0.717, 1.165) is 21.6 Å². The maximum absolute atomic E-state index is 12.5. The fourth-order valence-electron chi connectivity index (χ4n) is 4.20. The van der Waals surface area contributed by atoms with Gasteiger partial charge in [0.25, 0.3) is 10.1 Å². The van der Waals surface area contributed by atoms with Gasteiger partial charge in [0.05, 0.1) is 17.4 Å². The lowest BCUT2D eigenvalue weighted by molar-refractivity contribution is -0.143. The van der Waals surface area contributed by atoms with E-state index in [1.807, 2.05) is 49.4 Å². The van der Waals surface area contributed by atoms with E-state index in [4.69, 9.17) is 4.18 Å². The van der Waals surface area contributed by atoms with Crippen molar-refractivity contribution in [3.8, 4) is 11.1 Å². The lowest BCUT2D eigenvalue weighted by atomic mass is 9.97. The van der Waals surface area contributed by atoms with Crippen molar-refractivity contribution in [2.24, 2.45) is 11.8 Å². The Hall–Kier alpha value is -2.61. The topological polar surface area (TPSA) is 80.7 Å². The van der Waals surface area contributed by atoms with Gasteiger partial charge in [-0.3, -0.25) is 8.98 Å².